The number of rotatable bonds is 6. The van der Waals surface area contributed by atoms with Crippen molar-refractivity contribution in [3.8, 4) is 0 Å². The molecule has 0 radical (unpaired) electrons. The number of nitrogens with one attached hydrogen (secondary N) is 2. The molecule has 8 heteroatoms. The molecule has 0 aliphatic rings. The summed E-state index contributed by atoms with van der Waals surface area (Å²) in [7, 11) is -0.212. The molecule has 2 aromatic rings. The zero-order valence-electron chi connectivity index (χ0n) is 12.0. The van der Waals surface area contributed by atoms with Crippen molar-refractivity contribution in [3.63, 3.8) is 0 Å². The van der Waals surface area contributed by atoms with Crippen LogP contribution in [0.3, 0.4) is 0 Å². The Morgan fingerprint density at radius 3 is 2.67 bits per heavy atom. The van der Waals surface area contributed by atoms with Crippen LogP contribution in [0.2, 0.25) is 0 Å². The lowest BCUT2D eigenvalue weighted by Crippen LogP contribution is -2.19. The van der Waals surface area contributed by atoms with Gasteiger partial charge in [0.05, 0.1) is 16.3 Å². The van der Waals surface area contributed by atoms with Gasteiger partial charge in [0.25, 0.3) is 0 Å². The smallest absolute Gasteiger partial charge is 0.240 e. The van der Waals surface area contributed by atoms with E-state index in [0.717, 1.165) is 12.1 Å². The Balaban J connectivity index is 2.03. The van der Waals surface area contributed by atoms with Crippen LogP contribution in [-0.4, -0.2) is 31.8 Å². The second-order valence-electron chi connectivity index (χ2n) is 4.58. The van der Waals surface area contributed by atoms with Crippen LogP contribution in [-0.2, 0) is 23.5 Å². The maximum atomic E-state index is 11.7. The first-order valence-corrected chi connectivity index (χ1v) is 7.96. The number of anilines is 2. The minimum atomic E-state index is -3.47. The summed E-state index contributed by atoms with van der Waals surface area (Å²) in [5.74, 6) is 0. The van der Waals surface area contributed by atoms with Gasteiger partial charge in [0.1, 0.15) is 0 Å². The number of nitrogens with two attached hydrogens (primary N) is 1. The minimum absolute atomic E-state index is 0.152. The predicted molar refractivity (Wildman–Crippen MR) is 82.5 cm³/mol. The second-order valence-corrected chi connectivity index (χ2v) is 6.47. The van der Waals surface area contributed by atoms with E-state index in [4.69, 9.17) is 5.73 Å². The fourth-order valence-electron chi connectivity index (χ4n) is 1.96. The number of nitrogens with zero attached hydrogens (tertiary/aromatic N) is 2. The average Bonchev–Trinajstić information content (AvgIpc) is 2.86. The van der Waals surface area contributed by atoms with Crippen LogP contribution < -0.4 is 15.8 Å². The quantitative estimate of drug-likeness (QED) is 0.677. The summed E-state index contributed by atoms with van der Waals surface area (Å²) in [6.45, 7) is 0.682. The Kier molecular flexibility index (Phi) is 4.49. The molecule has 7 nitrogen and oxygen atoms in total. The first-order valence-electron chi connectivity index (χ1n) is 6.48. The highest BCUT2D eigenvalue weighted by Gasteiger charge is 2.12. The van der Waals surface area contributed by atoms with Gasteiger partial charge in [-0.3, -0.25) is 4.68 Å². The third-order valence-corrected chi connectivity index (χ3v) is 4.63. The molecule has 0 spiro atoms. The molecule has 2 rings (SSSR count). The van der Waals surface area contributed by atoms with Crippen molar-refractivity contribution in [2.45, 2.75) is 11.3 Å². The van der Waals surface area contributed by atoms with Crippen molar-refractivity contribution in [2.24, 2.45) is 7.05 Å². The molecule has 0 saturated carbocycles. The van der Waals surface area contributed by atoms with Gasteiger partial charge in [0.2, 0.25) is 10.0 Å². The van der Waals surface area contributed by atoms with Crippen LogP contribution in [0.4, 0.5) is 11.4 Å². The van der Waals surface area contributed by atoms with Gasteiger partial charge in [-0.15, -0.1) is 0 Å². The van der Waals surface area contributed by atoms with Gasteiger partial charge in [-0.1, -0.05) is 0 Å². The van der Waals surface area contributed by atoms with E-state index in [2.05, 4.69) is 15.1 Å². The highest BCUT2D eigenvalue weighted by molar-refractivity contribution is 7.89. The van der Waals surface area contributed by atoms with Gasteiger partial charge in [0.15, 0.2) is 0 Å². The Labute approximate surface area is 124 Å². The standard InChI is InChI=1S/C13H19N5O2S/c1-15-21(19,20)11-3-4-13(12(14)9-11)16-7-5-10-6-8-17-18(10)2/h3-4,6,8-9,15-16H,5,7,14H2,1-2H3. The molecule has 1 heterocycles. The zero-order chi connectivity index (χ0) is 15.5. The summed E-state index contributed by atoms with van der Waals surface area (Å²) < 4.78 is 27.4. The third-order valence-electron chi connectivity index (χ3n) is 3.22. The van der Waals surface area contributed by atoms with Crippen LogP contribution in [0.15, 0.2) is 35.4 Å². The van der Waals surface area contributed by atoms with Crippen molar-refractivity contribution in [1.82, 2.24) is 14.5 Å². The van der Waals surface area contributed by atoms with E-state index in [9.17, 15) is 8.42 Å². The lowest BCUT2D eigenvalue weighted by Gasteiger charge is -2.11. The second kappa shape index (κ2) is 6.15. The highest BCUT2D eigenvalue weighted by Crippen LogP contribution is 2.22. The topological polar surface area (TPSA) is 102 Å². The molecule has 0 aliphatic carbocycles. The van der Waals surface area contributed by atoms with Gasteiger partial charge in [-0.05, 0) is 31.3 Å². The van der Waals surface area contributed by atoms with E-state index in [0.29, 0.717) is 17.9 Å². The zero-order valence-corrected chi connectivity index (χ0v) is 12.8. The maximum Gasteiger partial charge on any atom is 0.240 e. The SMILES string of the molecule is CNS(=O)(=O)c1ccc(NCCc2ccnn2C)c(N)c1. The van der Waals surface area contributed by atoms with E-state index in [-0.39, 0.29) is 4.90 Å². The monoisotopic (exact) mass is 309 g/mol. The molecule has 114 valence electrons. The maximum absolute atomic E-state index is 11.7. The van der Waals surface area contributed by atoms with Crippen molar-refractivity contribution < 1.29 is 8.42 Å². The van der Waals surface area contributed by atoms with E-state index >= 15 is 0 Å². The van der Waals surface area contributed by atoms with E-state index in [1.807, 2.05) is 17.8 Å². The fourth-order valence-corrected chi connectivity index (χ4v) is 2.72. The Hall–Kier alpha value is -2.06. The van der Waals surface area contributed by atoms with Crippen LogP contribution in [0.25, 0.3) is 0 Å². The number of aromatic nitrogens is 2. The molecule has 0 atom stereocenters. The van der Waals surface area contributed by atoms with Crippen molar-refractivity contribution in [1.29, 1.82) is 0 Å². The molecule has 21 heavy (non-hydrogen) atoms. The van der Waals surface area contributed by atoms with Gasteiger partial charge in [-0.25, -0.2) is 13.1 Å². The first-order chi connectivity index (χ1) is 9.94. The van der Waals surface area contributed by atoms with Gasteiger partial charge >= 0.3 is 0 Å². The van der Waals surface area contributed by atoms with Crippen molar-refractivity contribution >= 4 is 21.4 Å². The fraction of sp³-hybridized carbons (Fsp3) is 0.308. The Morgan fingerprint density at radius 1 is 1.33 bits per heavy atom. The van der Waals surface area contributed by atoms with Gasteiger partial charge in [-0.2, -0.15) is 5.10 Å². The summed E-state index contributed by atoms with van der Waals surface area (Å²) in [6, 6.07) is 6.59. The number of hydrogen-bond acceptors (Lipinski definition) is 5. The molecular weight excluding hydrogens is 290 g/mol. The minimum Gasteiger partial charge on any atom is -0.397 e. The first kappa shape index (κ1) is 15.3. The van der Waals surface area contributed by atoms with Crippen molar-refractivity contribution in [3.05, 3.63) is 36.2 Å². The lowest BCUT2D eigenvalue weighted by atomic mass is 10.2. The molecule has 0 aliphatic heterocycles. The summed E-state index contributed by atoms with van der Waals surface area (Å²) in [5, 5.41) is 7.29. The average molecular weight is 309 g/mol. The van der Waals surface area contributed by atoms with E-state index < -0.39 is 10.0 Å². The van der Waals surface area contributed by atoms with E-state index in [1.54, 1.807) is 12.3 Å². The number of sulfonamides is 1. The van der Waals surface area contributed by atoms with Crippen LogP contribution >= 0.6 is 0 Å². The predicted octanol–water partition coefficient (Wildman–Crippen LogP) is 0.565. The summed E-state index contributed by atoms with van der Waals surface area (Å²) >= 11 is 0. The third kappa shape index (κ3) is 3.53. The van der Waals surface area contributed by atoms with Crippen molar-refractivity contribution in [2.75, 3.05) is 24.6 Å². The number of aryl methyl sites for hydroxylation is 1. The Bertz CT molecular complexity index is 724. The summed E-state index contributed by atoms with van der Waals surface area (Å²) in [4.78, 5) is 0.152. The van der Waals surface area contributed by atoms with Crippen LogP contribution in [0, 0.1) is 0 Å². The molecule has 4 N–H and O–H groups in total. The van der Waals surface area contributed by atoms with E-state index in [1.165, 1.54) is 19.2 Å². The summed E-state index contributed by atoms with van der Waals surface area (Å²) in [6.07, 6.45) is 2.55. The number of nitrogen functional groups attached to an aromatic ring is 1. The number of hydrogen-bond donors (Lipinski definition) is 3. The molecule has 0 saturated heterocycles. The summed E-state index contributed by atoms with van der Waals surface area (Å²) in [5.41, 5.74) is 8.11. The highest BCUT2D eigenvalue weighted by atomic mass is 32.2. The van der Waals surface area contributed by atoms with Crippen LogP contribution in [0.5, 0.6) is 0 Å². The van der Waals surface area contributed by atoms with Crippen LogP contribution in [0.1, 0.15) is 5.69 Å². The van der Waals surface area contributed by atoms with Gasteiger partial charge < -0.3 is 11.1 Å². The molecular formula is C13H19N5O2S. The largest absolute Gasteiger partial charge is 0.397 e. The molecule has 1 aromatic carbocycles. The molecule has 1 aromatic heterocycles. The lowest BCUT2D eigenvalue weighted by molar-refractivity contribution is 0.588. The normalized spacial score (nSPS) is 11.5. The number of benzene rings is 1. The Morgan fingerprint density at radius 2 is 2.10 bits per heavy atom. The molecule has 0 fully saturated rings. The molecule has 0 unspecified atom stereocenters. The molecule has 0 amide bonds. The van der Waals surface area contributed by atoms with Gasteiger partial charge in [0, 0.05) is 31.9 Å². The molecule has 0 bridgehead atoms.